The van der Waals surface area contributed by atoms with Gasteiger partial charge in [-0.1, -0.05) is 101 Å². The number of rotatable bonds is 11. The number of benzene rings is 4. The minimum absolute atomic E-state index is 0.0159. The molecule has 4 rings (SSSR count). The molecule has 0 fully saturated rings. The molecule has 4 aromatic carbocycles. The maximum absolute atomic E-state index is 14.6. The normalized spacial score (nSPS) is 12.3. The Balaban J connectivity index is 1.86. The van der Waals surface area contributed by atoms with Crippen LogP contribution in [-0.2, 0) is 32.6 Å². The quantitative estimate of drug-likeness (QED) is 0.174. The molecule has 0 heterocycles. The minimum atomic E-state index is -4.30. The third kappa shape index (κ3) is 8.82. The molecule has 0 aromatic heterocycles. The largest absolute Gasteiger partial charge is 0.350 e. The molecule has 0 radical (unpaired) electrons. The molecule has 0 saturated carbocycles. The van der Waals surface area contributed by atoms with Crippen molar-refractivity contribution in [3.8, 4) is 0 Å². The predicted molar refractivity (Wildman–Crippen MR) is 186 cm³/mol. The third-order valence-electron chi connectivity index (χ3n) is 7.17. The minimum Gasteiger partial charge on any atom is -0.350 e. The first-order valence-electron chi connectivity index (χ1n) is 14.6. The average molecular weight is 701 g/mol. The fraction of sp³-hybridized carbons (Fsp3) is 0.257. The highest BCUT2D eigenvalue weighted by Gasteiger charge is 2.36. The van der Waals surface area contributed by atoms with Crippen molar-refractivity contribution in [2.75, 3.05) is 10.8 Å². The van der Waals surface area contributed by atoms with E-state index in [2.05, 4.69) is 5.32 Å². The Hall–Kier alpha value is -3.56. The van der Waals surface area contributed by atoms with Crippen molar-refractivity contribution in [2.45, 2.75) is 57.1 Å². The fourth-order valence-corrected chi connectivity index (χ4v) is 7.10. The van der Waals surface area contributed by atoms with Gasteiger partial charge < -0.3 is 10.2 Å². The molecule has 0 bridgehead atoms. The molecular weight excluding hydrogens is 665 g/mol. The molecule has 1 N–H and O–H groups in total. The van der Waals surface area contributed by atoms with E-state index in [-0.39, 0.29) is 28.6 Å². The SMILES string of the molecule is Cc1ccc(S(=O)(=O)N(CC(=O)N(Cc2c(Cl)cccc2Cl)C(Cc2ccccc2)C(=O)NC(C)(C)C)c2ccccc2Cl)cc1. The van der Waals surface area contributed by atoms with E-state index >= 15 is 0 Å². The third-order valence-corrected chi connectivity index (χ3v) is 9.97. The van der Waals surface area contributed by atoms with E-state index < -0.39 is 40.0 Å². The van der Waals surface area contributed by atoms with Gasteiger partial charge in [-0.15, -0.1) is 0 Å². The van der Waals surface area contributed by atoms with Gasteiger partial charge in [-0.05, 0) is 69.7 Å². The lowest BCUT2D eigenvalue weighted by Crippen LogP contribution is -2.56. The summed E-state index contributed by atoms with van der Waals surface area (Å²) in [5.74, 6) is -1.07. The van der Waals surface area contributed by atoms with Gasteiger partial charge in [-0.25, -0.2) is 8.42 Å². The van der Waals surface area contributed by atoms with Gasteiger partial charge in [0, 0.05) is 34.1 Å². The lowest BCUT2D eigenvalue weighted by atomic mass is 10.0. The molecule has 0 spiro atoms. The van der Waals surface area contributed by atoms with E-state index in [1.54, 1.807) is 48.5 Å². The monoisotopic (exact) mass is 699 g/mol. The Bertz CT molecular complexity index is 1770. The Labute approximate surface area is 286 Å². The fourth-order valence-electron chi connectivity index (χ4n) is 4.87. The van der Waals surface area contributed by atoms with Crippen molar-refractivity contribution in [2.24, 2.45) is 0 Å². The number of sulfonamides is 1. The number of anilines is 1. The van der Waals surface area contributed by atoms with Crippen LogP contribution in [0.15, 0.2) is 102 Å². The van der Waals surface area contributed by atoms with Crippen LogP contribution in [0.25, 0.3) is 0 Å². The molecule has 0 aliphatic carbocycles. The average Bonchev–Trinajstić information content (AvgIpc) is 2.99. The van der Waals surface area contributed by atoms with E-state index in [4.69, 9.17) is 34.8 Å². The number of hydrogen-bond acceptors (Lipinski definition) is 4. The summed E-state index contributed by atoms with van der Waals surface area (Å²) in [6, 6.07) is 25.9. The number of amides is 2. The Morgan fingerprint density at radius 2 is 1.35 bits per heavy atom. The predicted octanol–water partition coefficient (Wildman–Crippen LogP) is 7.71. The summed E-state index contributed by atoms with van der Waals surface area (Å²) in [5, 5.41) is 3.73. The van der Waals surface area contributed by atoms with E-state index in [0.29, 0.717) is 15.6 Å². The summed E-state index contributed by atoms with van der Waals surface area (Å²) in [7, 11) is -4.30. The van der Waals surface area contributed by atoms with Gasteiger partial charge in [0.25, 0.3) is 10.0 Å². The maximum atomic E-state index is 14.6. The molecule has 242 valence electrons. The van der Waals surface area contributed by atoms with Gasteiger partial charge in [0.15, 0.2) is 0 Å². The van der Waals surface area contributed by atoms with Crippen LogP contribution in [0.5, 0.6) is 0 Å². The molecule has 0 saturated heterocycles. The molecule has 7 nitrogen and oxygen atoms in total. The number of halogens is 3. The molecule has 2 amide bonds. The van der Waals surface area contributed by atoms with E-state index in [1.807, 2.05) is 58.0 Å². The summed E-state index contributed by atoms with van der Waals surface area (Å²) in [4.78, 5) is 29.9. The number of para-hydroxylation sites is 1. The van der Waals surface area contributed by atoms with Gasteiger partial charge in [0.05, 0.1) is 15.6 Å². The molecule has 4 aromatic rings. The van der Waals surface area contributed by atoms with Crippen LogP contribution < -0.4 is 9.62 Å². The lowest BCUT2D eigenvalue weighted by Gasteiger charge is -2.35. The Morgan fingerprint density at radius 3 is 1.93 bits per heavy atom. The van der Waals surface area contributed by atoms with Crippen molar-refractivity contribution in [1.82, 2.24) is 10.2 Å². The first kappa shape index (κ1) is 35.3. The molecule has 11 heteroatoms. The highest BCUT2D eigenvalue weighted by Crippen LogP contribution is 2.32. The maximum Gasteiger partial charge on any atom is 0.264 e. The summed E-state index contributed by atoms with van der Waals surface area (Å²) < 4.78 is 29.3. The summed E-state index contributed by atoms with van der Waals surface area (Å²) in [6.45, 7) is 6.56. The summed E-state index contributed by atoms with van der Waals surface area (Å²) >= 11 is 19.7. The van der Waals surface area contributed by atoms with E-state index in [1.165, 1.54) is 23.1 Å². The zero-order valence-corrected chi connectivity index (χ0v) is 29.1. The Morgan fingerprint density at radius 1 is 0.783 bits per heavy atom. The van der Waals surface area contributed by atoms with Crippen molar-refractivity contribution in [3.05, 3.63) is 129 Å². The molecular formula is C35H36Cl3N3O4S. The first-order chi connectivity index (χ1) is 21.7. The number of nitrogens with one attached hydrogen (secondary N) is 1. The highest BCUT2D eigenvalue weighted by molar-refractivity contribution is 7.92. The van der Waals surface area contributed by atoms with Crippen LogP contribution in [0.2, 0.25) is 15.1 Å². The smallest absolute Gasteiger partial charge is 0.264 e. The van der Waals surface area contributed by atoms with Crippen LogP contribution >= 0.6 is 34.8 Å². The molecule has 0 aliphatic heterocycles. The van der Waals surface area contributed by atoms with Gasteiger partial charge in [-0.3, -0.25) is 13.9 Å². The summed E-state index contributed by atoms with van der Waals surface area (Å²) in [5.41, 5.74) is 1.59. The second-order valence-electron chi connectivity index (χ2n) is 11.9. The molecule has 46 heavy (non-hydrogen) atoms. The molecule has 0 aliphatic rings. The zero-order valence-electron chi connectivity index (χ0n) is 26.0. The molecule has 1 atom stereocenters. The molecule has 1 unspecified atom stereocenters. The second kappa shape index (κ2) is 14.9. The first-order valence-corrected chi connectivity index (χ1v) is 17.2. The van der Waals surface area contributed by atoms with Gasteiger partial charge >= 0.3 is 0 Å². The van der Waals surface area contributed by atoms with Crippen LogP contribution in [0.3, 0.4) is 0 Å². The number of hydrogen-bond donors (Lipinski definition) is 1. The number of nitrogens with zero attached hydrogens (tertiary/aromatic N) is 2. The highest BCUT2D eigenvalue weighted by atomic mass is 35.5. The zero-order chi connectivity index (χ0) is 33.6. The number of carbonyl (C=O) groups excluding carboxylic acids is 2. The topological polar surface area (TPSA) is 86.8 Å². The number of aryl methyl sites for hydroxylation is 1. The van der Waals surface area contributed by atoms with E-state index in [0.717, 1.165) is 15.4 Å². The van der Waals surface area contributed by atoms with Gasteiger partial charge in [0.1, 0.15) is 12.6 Å². The lowest BCUT2D eigenvalue weighted by molar-refractivity contribution is -0.140. The van der Waals surface area contributed by atoms with Gasteiger partial charge in [-0.2, -0.15) is 0 Å². The Kier molecular flexibility index (Phi) is 11.4. The van der Waals surface area contributed by atoms with Crippen molar-refractivity contribution in [1.29, 1.82) is 0 Å². The van der Waals surface area contributed by atoms with Crippen LogP contribution in [0.4, 0.5) is 5.69 Å². The number of carbonyl (C=O) groups is 2. The van der Waals surface area contributed by atoms with Crippen LogP contribution in [0, 0.1) is 6.92 Å². The van der Waals surface area contributed by atoms with Crippen molar-refractivity contribution in [3.63, 3.8) is 0 Å². The van der Waals surface area contributed by atoms with Crippen LogP contribution in [-0.4, -0.2) is 43.3 Å². The van der Waals surface area contributed by atoms with E-state index in [9.17, 15) is 18.0 Å². The van der Waals surface area contributed by atoms with Crippen molar-refractivity contribution < 1.29 is 18.0 Å². The second-order valence-corrected chi connectivity index (χ2v) is 15.0. The summed E-state index contributed by atoms with van der Waals surface area (Å²) in [6.07, 6.45) is 0.146. The van der Waals surface area contributed by atoms with Crippen molar-refractivity contribution >= 4 is 62.3 Å². The van der Waals surface area contributed by atoms with Gasteiger partial charge in [0.2, 0.25) is 11.8 Å². The van der Waals surface area contributed by atoms with Crippen LogP contribution in [0.1, 0.15) is 37.5 Å². The standard InChI is InChI=1S/C35H36Cl3N3O4S/c1-24-17-19-26(20-18-24)46(44,45)41(31-16-9-8-13-30(31)38)23-33(42)40(22-27-28(36)14-10-15-29(27)37)32(34(43)39-35(2,3)4)21-25-11-6-5-7-12-25/h5-20,32H,21-23H2,1-4H3,(H,39,43).